The van der Waals surface area contributed by atoms with E-state index in [9.17, 15) is 0 Å². The molecular formula is C5H15AlO. The summed E-state index contributed by atoms with van der Waals surface area (Å²) in [6, 6.07) is 0. The molecule has 0 aliphatic rings. The van der Waals surface area contributed by atoms with E-state index in [-0.39, 0.29) is 0 Å². The fourth-order valence-corrected chi connectivity index (χ4v) is 0. The Morgan fingerprint density at radius 3 is 1.43 bits per heavy atom. The molecule has 0 spiro atoms. The summed E-state index contributed by atoms with van der Waals surface area (Å²) in [5, 5.41) is 0. The first kappa shape index (κ1) is 10.5. The summed E-state index contributed by atoms with van der Waals surface area (Å²) in [6.45, 7) is 4.36. The molecule has 0 N–H and O–H groups in total. The van der Waals surface area contributed by atoms with Crippen molar-refractivity contribution in [2.45, 2.75) is 26.7 Å². The van der Waals surface area contributed by atoms with Crippen molar-refractivity contribution in [3.63, 3.8) is 0 Å². The van der Waals surface area contributed by atoms with Gasteiger partial charge in [-0.1, -0.05) is 26.7 Å². The first-order chi connectivity index (χ1) is 3.33. The van der Waals surface area contributed by atoms with Crippen molar-refractivity contribution in [2.75, 3.05) is 7.11 Å². The maximum absolute atomic E-state index is 4.39. The molecule has 0 fully saturated rings. The average molecular weight is 118 g/mol. The van der Waals surface area contributed by atoms with Gasteiger partial charge in [0.2, 0.25) is 0 Å². The van der Waals surface area contributed by atoms with E-state index in [2.05, 4.69) is 17.6 Å². The smallest absolute Gasteiger partial charge is 0.409 e. The van der Waals surface area contributed by atoms with Gasteiger partial charge in [-0.25, -0.2) is 0 Å². The van der Waals surface area contributed by atoms with Gasteiger partial charge >= 0.3 is 16.6 Å². The van der Waals surface area contributed by atoms with Crippen LogP contribution in [0.3, 0.4) is 0 Å². The predicted octanol–water partition coefficient (Wildman–Crippen LogP) is 0.987. The first-order valence-electron chi connectivity index (χ1n) is 2.73. The van der Waals surface area contributed by atoms with E-state index in [1.54, 1.807) is 7.11 Å². The number of rotatable bonds is 1. The zero-order valence-corrected chi connectivity index (χ0v) is 7.82. The van der Waals surface area contributed by atoms with Crippen molar-refractivity contribution in [3.05, 3.63) is 0 Å². The largest absolute Gasteiger partial charge is 0.508 e. The standard InChI is InChI=1S/C4H10.CH3O.Al.2H/c1-3-4-2;1-2;;;/h3-4H2,1-2H3;1H3;;;/q;-1;+1;;. The minimum atomic E-state index is 0.869. The summed E-state index contributed by atoms with van der Waals surface area (Å²) in [5.74, 6) is 0. The normalized spacial score (nSPS) is 6.71. The van der Waals surface area contributed by atoms with Gasteiger partial charge in [0, 0.05) is 7.11 Å². The van der Waals surface area contributed by atoms with Crippen molar-refractivity contribution in [1.82, 2.24) is 0 Å². The lowest BCUT2D eigenvalue weighted by Crippen LogP contribution is -1.60. The molecule has 0 unspecified atom stereocenters. The van der Waals surface area contributed by atoms with Crippen LogP contribution in [-0.2, 0) is 3.79 Å². The molecule has 0 heterocycles. The molecule has 7 heavy (non-hydrogen) atoms. The Labute approximate surface area is 54.8 Å². The Balaban J connectivity index is 0. The van der Waals surface area contributed by atoms with Crippen molar-refractivity contribution in [3.8, 4) is 0 Å². The Morgan fingerprint density at radius 1 is 1.29 bits per heavy atom. The van der Waals surface area contributed by atoms with Crippen LogP contribution in [0.25, 0.3) is 0 Å². The molecule has 0 aromatic heterocycles. The van der Waals surface area contributed by atoms with Crippen molar-refractivity contribution < 1.29 is 3.79 Å². The summed E-state index contributed by atoms with van der Waals surface area (Å²) in [7, 11) is 1.69. The highest BCUT2D eigenvalue weighted by Crippen LogP contribution is 1.76. The van der Waals surface area contributed by atoms with Crippen molar-refractivity contribution in [2.24, 2.45) is 0 Å². The number of hydrogen-bond donors (Lipinski definition) is 0. The van der Waals surface area contributed by atoms with Gasteiger partial charge in [-0.2, -0.15) is 0 Å². The maximum atomic E-state index is 4.39. The molecular weight excluding hydrogens is 103 g/mol. The average Bonchev–Trinajstić information content (AvgIpc) is 1.69. The zero-order valence-electron chi connectivity index (χ0n) is 5.82. The summed E-state index contributed by atoms with van der Waals surface area (Å²) < 4.78 is 4.39. The molecule has 0 bridgehead atoms. The molecule has 44 valence electrons. The van der Waals surface area contributed by atoms with E-state index in [0.29, 0.717) is 0 Å². The number of unbranched alkanes of at least 4 members (excludes halogenated alkanes) is 1. The van der Waals surface area contributed by atoms with Gasteiger partial charge < -0.3 is 3.79 Å². The third-order valence-electron chi connectivity index (χ3n) is 0.500. The summed E-state index contributed by atoms with van der Waals surface area (Å²) in [5.41, 5.74) is 0. The Bertz CT molecular complexity index is 15.6. The summed E-state index contributed by atoms with van der Waals surface area (Å²) in [6.07, 6.45) is 2.64. The van der Waals surface area contributed by atoms with E-state index in [1.807, 2.05) is 0 Å². The molecule has 0 rings (SSSR count). The lowest BCUT2D eigenvalue weighted by Gasteiger charge is -1.68. The third-order valence-corrected chi connectivity index (χ3v) is 0.500. The van der Waals surface area contributed by atoms with Crippen molar-refractivity contribution in [1.29, 1.82) is 0 Å². The van der Waals surface area contributed by atoms with Gasteiger partial charge in [0.25, 0.3) is 0 Å². The summed E-state index contributed by atoms with van der Waals surface area (Å²) in [4.78, 5) is 0. The van der Waals surface area contributed by atoms with Gasteiger partial charge in [-0.05, 0) is 0 Å². The fourth-order valence-electron chi connectivity index (χ4n) is 0. The molecule has 0 aliphatic carbocycles. The van der Waals surface area contributed by atoms with E-state index >= 15 is 0 Å². The predicted molar refractivity (Wildman–Crippen MR) is 36.1 cm³/mol. The van der Waals surface area contributed by atoms with Crippen LogP contribution in [0.2, 0.25) is 0 Å². The Kier molecular flexibility index (Phi) is 24.0. The van der Waals surface area contributed by atoms with Crippen LogP contribution in [-0.4, -0.2) is 23.7 Å². The highest BCUT2D eigenvalue weighted by molar-refractivity contribution is 5.97. The lowest BCUT2D eigenvalue weighted by molar-refractivity contribution is 0.460. The van der Waals surface area contributed by atoms with E-state index in [4.69, 9.17) is 0 Å². The minimum absolute atomic E-state index is 0.869. The van der Waals surface area contributed by atoms with Crippen molar-refractivity contribution >= 4 is 16.6 Å². The third kappa shape index (κ3) is 58.8. The van der Waals surface area contributed by atoms with Gasteiger partial charge in [0.1, 0.15) is 0 Å². The Morgan fingerprint density at radius 2 is 1.43 bits per heavy atom. The molecule has 0 aromatic carbocycles. The summed E-state index contributed by atoms with van der Waals surface area (Å²) >= 11 is 0.869. The maximum Gasteiger partial charge on any atom is 0.409 e. The highest BCUT2D eigenvalue weighted by Gasteiger charge is 1.56. The van der Waals surface area contributed by atoms with Gasteiger partial charge in [-0.15, -0.1) is 0 Å². The molecule has 0 radical (unpaired) electrons. The lowest BCUT2D eigenvalue weighted by atomic mass is 10.4. The molecule has 0 saturated heterocycles. The molecule has 1 nitrogen and oxygen atoms in total. The minimum Gasteiger partial charge on any atom is -0.508 e. The van der Waals surface area contributed by atoms with Crippen LogP contribution in [0, 0.1) is 0 Å². The van der Waals surface area contributed by atoms with Crippen LogP contribution < -0.4 is 0 Å². The fraction of sp³-hybridized carbons (Fsp3) is 1.00. The molecule has 0 aliphatic heterocycles. The second-order valence-electron chi connectivity index (χ2n) is 1.41. The quantitative estimate of drug-likeness (QED) is 0.466. The van der Waals surface area contributed by atoms with E-state index in [0.717, 1.165) is 16.6 Å². The molecule has 2 heteroatoms. The first-order valence-corrected chi connectivity index (χ1v) is 3.55. The van der Waals surface area contributed by atoms with Crippen LogP contribution in [0.4, 0.5) is 0 Å². The Hall–Kier alpha value is 0.492. The zero-order chi connectivity index (χ0) is 6.12. The number of hydrogen-bond acceptors (Lipinski definition) is 1. The van der Waals surface area contributed by atoms with Gasteiger partial charge in [-0.3, -0.25) is 0 Å². The van der Waals surface area contributed by atoms with E-state index < -0.39 is 0 Å². The van der Waals surface area contributed by atoms with E-state index in [1.165, 1.54) is 12.8 Å². The molecule has 0 atom stereocenters. The second kappa shape index (κ2) is 16.1. The molecule has 0 saturated carbocycles. The van der Waals surface area contributed by atoms with Crippen LogP contribution in [0.5, 0.6) is 0 Å². The van der Waals surface area contributed by atoms with Crippen LogP contribution >= 0.6 is 0 Å². The molecule has 0 amide bonds. The van der Waals surface area contributed by atoms with Crippen LogP contribution in [0.1, 0.15) is 26.7 Å². The monoisotopic (exact) mass is 118 g/mol. The second-order valence-corrected chi connectivity index (χ2v) is 2.22. The van der Waals surface area contributed by atoms with Gasteiger partial charge in [0.05, 0.1) is 0 Å². The SMILES string of the molecule is CCCC.C[O][AlH2]. The highest BCUT2D eigenvalue weighted by atomic mass is 27.1. The molecule has 0 aromatic rings. The van der Waals surface area contributed by atoms with Gasteiger partial charge in [0.15, 0.2) is 0 Å². The van der Waals surface area contributed by atoms with Crippen LogP contribution in [0.15, 0.2) is 0 Å². The topological polar surface area (TPSA) is 9.23 Å².